The molecule has 1 unspecified atom stereocenters. The number of carbonyl (C=O) groups excluding carboxylic acids is 1. The number of hydrogen-bond acceptors (Lipinski definition) is 5. The van der Waals surface area contributed by atoms with Gasteiger partial charge in [-0.2, -0.15) is 0 Å². The molecule has 6 heteroatoms. The second-order valence-electron chi connectivity index (χ2n) is 4.97. The average molecular weight is 294 g/mol. The first-order chi connectivity index (χ1) is 9.95. The molecule has 0 aliphatic rings. The zero-order valence-electron chi connectivity index (χ0n) is 12.4. The van der Waals surface area contributed by atoms with Crippen LogP contribution in [0.15, 0.2) is 24.3 Å². The van der Waals surface area contributed by atoms with Crippen LogP contribution in [0.2, 0.25) is 0 Å². The van der Waals surface area contributed by atoms with Crippen LogP contribution in [0.4, 0.5) is 5.69 Å². The van der Waals surface area contributed by atoms with Crippen molar-refractivity contribution < 1.29 is 19.8 Å². The van der Waals surface area contributed by atoms with E-state index in [1.807, 2.05) is 31.1 Å². The maximum atomic E-state index is 12.4. The Morgan fingerprint density at radius 3 is 2.33 bits per heavy atom. The summed E-state index contributed by atoms with van der Waals surface area (Å²) >= 11 is 0. The molecule has 0 saturated heterocycles. The van der Waals surface area contributed by atoms with Gasteiger partial charge in [-0.1, -0.05) is 0 Å². The van der Waals surface area contributed by atoms with E-state index < -0.39 is 12.0 Å². The van der Waals surface area contributed by atoms with E-state index in [1.165, 1.54) is 0 Å². The van der Waals surface area contributed by atoms with E-state index >= 15 is 0 Å². The van der Waals surface area contributed by atoms with E-state index in [0.29, 0.717) is 5.56 Å². The minimum Gasteiger partial charge on any atom is -0.481 e. The van der Waals surface area contributed by atoms with E-state index in [0.717, 1.165) is 5.69 Å². The Morgan fingerprint density at radius 1 is 1.24 bits per heavy atom. The Kier molecular flexibility index (Phi) is 6.84. The lowest BCUT2D eigenvalue weighted by atomic mass is 9.99. The number of nitrogens with one attached hydrogen (secondary N) is 1. The third-order valence-corrected chi connectivity index (χ3v) is 3.13. The molecule has 0 amide bonds. The van der Waals surface area contributed by atoms with Gasteiger partial charge in [0.05, 0.1) is 12.6 Å². The molecule has 0 aliphatic carbocycles. The standard InChI is InChI=1S/C15H22N2O4/c1-17(2)12-5-3-11(4-6-12)15(21)13(16-9-10-18)7-8-14(19)20/h3-6,13,16,18H,7-10H2,1-2H3,(H,19,20). The fourth-order valence-corrected chi connectivity index (χ4v) is 1.96. The molecule has 21 heavy (non-hydrogen) atoms. The van der Waals surface area contributed by atoms with Crippen LogP contribution in [0.5, 0.6) is 0 Å². The first-order valence-electron chi connectivity index (χ1n) is 6.83. The summed E-state index contributed by atoms with van der Waals surface area (Å²) in [5, 5.41) is 20.5. The van der Waals surface area contributed by atoms with Crippen molar-refractivity contribution in [1.82, 2.24) is 5.32 Å². The summed E-state index contributed by atoms with van der Waals surface area (Å²) in [6.07, 6.45) is 0.105. The minimum absolute atomic E-state index is 0.0926. The third kappa shape index (κ3) is 5.53. The van der Waals surface area contributed by atoms with Crippen LogP contribution >= 0.6 is 0 Å². The zero-order chi connectivity index (χ0) is 15.8. The summed E-state index contributed by atoms with van der Waals surface area (Å²) in [4.78, 5) is 25.0. The van der Waals surface area contributed by atoms with E-state index in [2.05, 4.69) is 5.32 Å². The Balaban J connectivity index is 2.79. The predicted octanol–water partition coefficient (Wildman–Crippen LogP) is 0.751. The van der Waals surface area contributed by atoms with Crippen LogP contribution in [0.3, 0.4) is 0 Å². The van der Waals surface area contributed by atoms with Gasteiger partial charge in [-0.25, -0.2) is 0 Å². The van der Waals surface area contributed by atoms with Crippen molar-refractivity contribution in [3.8, 4) is 0 Å². The fourth-order valence-electron chi connectivity index (χ4n) is 1.96. The molecule has 6 nitrogen and oxygen atoms in total. The van der Waals surface area contributed by atoms with Crippen LogP contribution in [0.1, 0.15) is 23.2 Å². The Labute approximate surface area is 124 Å². The number of rotatable bonds is 9. The highest BCUT2D eigenvalue weighted by Crippen LogP contribution is 2.15. The van der Waals surface area contributed by atoms with Crippen LogP contribution < -0.4 is 10.2 Å². The van der Waals surface area contributed by atoms with Crippen LogP contribution in [-0.2, 0) is 4.79 Å². The maximum Gasteiger partial charge on any atom is 0.303 e. The third-order valence-electron chi connectivity index (χ3n) is 3.13. The van der Waals surface area contributed by atoms with Gasteiger partial charge in [-0.3, -0.25) is 9.59 Å². The second kappa shape index (κ2) is 8.39. The Morgan fingerprint density at radius 2 is 1.86 bits per heavy atom. The first kappa shape index (κ1) is 17.1. The van der Waals surface area contributed by atoms with E-state index in [4.69, 9.17) is 10.2 Å². The number of carboxylic acid groups (broad SMARTS) is 1. The zero-order valence-corrected chi connectivity index (χ0v) is 12.4. The molecule has 116 valence electrons. The van der Waals surface area contributed by atoms with E-state index in [9.17, 15) is 9.59 Å². The predicted molar refractivity (Wildman–Crippen MR) is 80.8 cm³/mol. The fraction of sp³-hybridized carbons (Fsp3) is 0.467. The number of hydrogen-bond donors (Lipinski definition) is 3. The van der Waals surface area contributed by atoms with Gasteiger partial charge < -0.3 is 20.4 Å². The number of benzene rings is 1. The number of ketones is 1. The molecule has 1 rings (SSSR count). The van der Waals surface area contributed by atoms with Gasteiger partial charge in [0.25, 0.3) is 0 Å². The number of carbonyl (C=O) groups is 2. The SMILES string of the molecule is CN(C)c1ccc(C(=O)C(CCC(=O)O)NCCO)cc1. The Hall–Kier alpha value is -1.92. The van der Waals surface area contributed by atoms with Crippen molar-refractivity contribution in [2.45, 2.75) is 18.9 Å². The average Bonchev–Trinajstić information content (AvgIpc) is 2.46. The summed E-state index contributed by atoms with van der Waals surface area (Å²) in [5.74, 6) is -1.10. The molecule has 0 fully saturated rings. The number of aliphatic hydroxyl groups excluding tert-OH is 1. The van der Waals surface area contributed by atoms with Gasteiger partial charge in [0, 0.05) is 38.3 Å². The highest BCUT2D eigenvalue weighted by molar-refractivity contribution is 6.00. The highest BCUT2D eigenvalue weighted by atomic mass is 16.4. The van der Waals surface area contributed by atoms with Crippen molar-refractivity contribution >= 4 is 17.4 Å². The number of carboxylic acids is 1. The monoisotopic (exact) mass is 294 g/mol. The van der Waals surface area contributed by atoms with Crippen LogP contribution in [-0.4, -0.2) is 55.3 Å². The molecule has 1 atom stereocenters. The molecule has 0 radical (unpaired) electrons. The van der Waals surface area contributed by atoms with Gasteiger partial charge in [-0.05, 0) is 30.7 Å². The number of aliphatic carboxylic acids is 1. The second-order valence-corrected chi connectivity index (χ2v) is 4.97. The summed E-state index contributed by atoms with van der Waals surface area (Å²) in [7, 11) is 3.82. The van der Waals surface area contributed by atoms with Crippen molar-refractivity contribution in [1.29, 1.82) is 0 Å². The molecule has 0 bridgehead atoms. The lowest BCUT2D eigenvalue weighted by molar-refractivity contribution is -0.137. The lowest BCUT2D eigenvalue weighted by Crippen LogP contribution is -2.38. The summed E-state index contributed by atoms with van der Waals surface area (Å²) in [5.41, 5.74) is 1.51. The molecule has 1 aromatic carbocycles. The van der Waals surface area contributed by atoms with Crippen molar-refractivity contribution in [2.75, 3.05) is 32.1 Å². The van der Waals surface area contributed by atoms with Crippen LogP contribution in [0.25, 0.3) is 0 Å². The molecular formula is C15H22N2O4. The summed E-state index contributed by atoms with van der Waals surface area (Å²) < 4.78 is 0. The number of aliphatic hydroxyl groups is 1. The quantitative estimate of drug-likeness (QED) is 0.582. The largest absolute Gasteiger partial charge is 0.481 e. The van der Waals surface area contributed by atoms with Crippen LogP contribution in [0, 0.1) is 0 Å². The molecule has 0 aliphatic heterocycles. The molecule has 1 aromatic rings. The normalized spacial score (nSPS) is 12.0. The van der Waals surface area contributed by atoms with Gasteiger partial charge in [0.1, 0.15) is 0 Å². The smallest absolute Gasteiger partial charge is 0.303 e. The van der Waals surface area contributed by atoms with Gasteiger partial charge in [0.15, 0.2) is 5.78 Å². The minimum atomic E-state index is -0.943. The number of nitrogens with zero attached hydrogens (tertiary/aromatic N) is 1. The van der Waals surface area contributed by atoms with Crippen molar-refractivity contribution in [2.24, 2.45) is 0 Å². The van der Waals surface area contributed by atoms with Gasteiger partial charge >= 0.3 is 5.97 Å². The summed E-state index contributed by atoms with van der Waals surface area (Å²) in [6.45, 7) is 0.155. The molecule has 0 heterocycles. The van der Waals surface area contributed by atoms with Crippen molar-refractivity contribution in [3.05, 3.63) is 29.8 Å². The number of anilines is 1. The summed E-state index contributed by atoms with van der Waals surface area (Å²) in [6, 6.07) is 6.54. The number of Topliss-reactive ketones (excluding diaryl/α,β-unsaturated/α-hetero) is 1. The molecule has 0 saturated carbocycles. The Bertz CT molecular complexity index is 471. The molecule has 0 aromatic heterocycles. The molecule has 3 N–H and O–H groups in total. The maximum absolute atomic E-state index is 12.4. The molecular weight excluding hydrogens is 272 g/mol. The van der Waals surface area contributed by atoms with Gasteiger partial charge in [0.2, 0.25) is 0 Å². The van der Waals surface area contributed by atoms with Crippen molar-refractivity contribution in [3.63, 3.8) is 0 Å². The lowest BCUT2D eigenvalue weighted by Gasteiger charge is -2.17. The van der Waals surface area contributed by atoms with E-state index in [1.54, 1.807) is 12.1 Å². The first-order valence-corrected chi connectivity index (χ1v) is 6.83. The highest BCUT2D eigenvalue weighted by Gasteiger charge is 2.20. The molecule has 0 spiro atoms. The topological polar surface area (TPSA) is 89.9 Å². The van der Waals surface area contributed by atoms with E-state index in [-0.39, 0.29) is 31.8 Å². The van der Waals surface area contributed by atoms with Gasteiger partial charge in [-0.15, -0.1) is 0 Å².